The molecule has 3 heterocycles. The van der Waals surface area contributed by atoms with Gasteiger partial charge in [-0.05, 0) is 42.0 Å². The number of hydrogen-bond donors (Lipinski definition) is 1. The highest BCUT2D eigenvalue weighted by atomic mass is 16.5. The van der Waals surface area contributed by atoms with Crippen LogP contribution < -0.4 is 10.5 Å². The molecule has 2 aromatic heterocycles. The number of nitrogen functional groups attached to an aromatic ring is 1. The highest BCUT2D eigenvalue weighted by Crippen LogP contribution is 2.34. The summed E-state index contributed by atoms with van der Waals surface area (Å²) in [6.07, 6.45) is 3.34. The van der Waals surface area contributed by atoms with E-state index in [1.165, 1.54) is 11.2 Å². The van der Waals surface area contributed by atoms with Crippen LogP contribution in [0.3, 0.4) is 0 Å². The second-order valence-electron chi connectivity index (χ2n) is 8.44. The third-order valence-corrected chi connectivity index (χ3v) is 6.27. The monoisotopic (exact) mass is 475 g/mol. The molecule has 2 amide bonds. The largest absolute Gasteiger partial charge is 0.457 e. The number of hydrogen-bond acceptors (Lipinski definition) is 6. The maximum absolute atomic E-state index is 12.8. The maximum Gasteiger partial charge on any atom is 0.261 e. The summed E-state index contributed by atoms with van der Waals surface area (Å²) in [7, 11) is 0. The van der Waals surface area contributed by atoms with Crippen LogP contribution in [-0.2, 0) is 6.54 Å². The Balaban J connectivity index is 1.29. The molecule has 0 saturated heterocycles. The first-order valence-electron chi connectivity index (χ1n) is 11.5. The number of benzene rings is 3. The zero-order valence-electron chi connectivity index (χ0n) is 19.2. The second-order valence-corrected chi connectivity index (χ2v) is 8.44. The molecule has 0 atom stereocenters. The summed E-state index contributed by atoms with van der Waals surface area (Å²) in [6.45, 7) is 0.580. The number of carbonyl (C=O) groups excluding carboxylic acids is 2. The lowest BCUT2D eigenvalue weighted by Crippen LogP contribution is -2.32. The van der Waals surface area contributed by atoms with E-state index in [0.717, 1.165) is 22.3 Å². The first kappa shape index (κ1) is 21.5. The zero-order chi connectivity index (χ0) is 24.6. The van der Waals surface area contributed by atoms with Crippen molar-refractivity contribution in [2.24, 2.45) is 0 Å². The highest BCUT2D eigenvalue weighted by Gasteiger charge is 2.34. The molecule has 8 nitrogen and oxygen atoms in total. The molecular weight excluding hydrogens is 454 g/mol. The van der Waals surface area contributed by atoms with Crippen LogP contribution in [0.1, 0.15) is 20.7 Å². The van der Waals surface area contributed by atoms with Crippen LogP contribution in [-0.4, -0.2) is 37.8 Å². The highest BCUT2D eigenvalue weighted by molar-refractivity contribution is 6.21. The van der Waals surface area contributed by atoms with Crippen molar-refractivity contribution in [3.63, 3.8) is 0 Å². The Morgan fingerprint density at radius 1 is 0.722 bits per heavy atom. The summed E-state index contributed by atoms with van der Waals surface area (Å²) in [4.78, 5) is 35.4. The van der Waals surface area contributed by atoms with E-state index in [4.69, 9.17) is 10.5 Å². The van der Waals surface area contributed by atoms with Gasteiger partial charge in [0.05, 0.1) is 16.5 Å². The Kier molecular flexibility index (Phi) is 5.19. The van der Waals surface area contributed by atoms with Crippen LogP contribution in [0.5, 0.6) is 11.5 Å². The fourth-order valence-electron chi connectivity index (χ4n) is 4.51. The molecule has 0 unspecified atom stereocenters. The summed E-state index contributed by atoms with van der Waals surface area (Å²) in [5.41, 5.74) is 9.54. The van der Waals surface area contributed by atoms with Gasteiger partial charge >= 0.3 is 0 Å². The number of carbonyl (C=O) groups is 2. The van der Waals surface area contributed by atoms with Crippen LogP contribution in [0.2, 0.25) is 0 Å². The Hall–Kier alpha value is -4.98. The Morgan fingerprint density at radius 2 is 1.36 bits per heavy atom. The van der Waals surface area contributed by atoms with E-state index < -0.39 is 0 Å². The number of imide groups is 1. The smallest absolute Gasteiger partial charge is 0.261 e. The van der Waals surface area contributed by atoms with Gasteiger partial charge in [-0.15, -0.1) is 0 Å². The molecule has 176 valence electrons. The lowest BCUT2D eigenvalue weighted by molar-refractivity contribution is 0.0649. The molecule has 0 fully saturated rings. The lowest BCUT2D eigenvalue weighted by Gasteiger charge is -2.14. The van der Waals surface area contributed by atoms with Gasteiger partial charge in [0.15, 0.2) is 0 Å². The summed E-state index contributed by atoms with van der Waals surface area (Å²) >= 11 is 0. The minimum atomic E-state index is -0.282. The van der Waals surface area contributed by atoms with Gasteiger partial charge in [0.25, 0.3) is 11.8 Å². The maximum atomic E-state index is 12.8. The van der Waals surface area contributed by atoms with Gasteiger partial charge in [0, 0.05) is 24.8 Å². The number of ether oxygens (including phenoxy) is 1. The van der Waals surface area contributed by atoms with E-state index in [1.807, 2.05) is 65.4 Å². The third kappa shape index (κ3) is 3.65. The minimum absolute atomic E-state index is 0.212. The molecule has 3 aromatic carbocycles. The molecule has 2 N–H and O–H groups in total. The van der Waals surface area contributed by atoms with Crippen LogP contribution in [0.15, 0.2) is 91.4 Å². The number of nitrogens with two attached hydrogens (primary N) is 1. The molecule has 6 rings (SSSR count). The Labute approximate surface area is 206 Å². The Bertz CT molecular complexity index is 1580. The van der Waals surface area contributed by atoms with E-state index in [2.05, 4.69) is 9.97 Å². The predicted molar refractivity (Wildman–Crippen MR) is 136 cm³/mol. The number of amides is 2. The van der Waals surface area contributed by atoms with Crippen molar-refractivity contribution < 1.29 is 14.3 Å². The van der Waals surface area contributed by atoms with Crippen molar-refractivity contribution in [1.82, 2.24) is 19.4 Å². The standard InChI is InChI=1S/C28H21N5O3/c29-25-24-23(18-10-12-20(13-11-18)36-19-6-2-1-3-7-19)16-32(26(24)31-17-30-25)14-15-33-27(34)21-8-4-5-9-22(21)28(33)35/h1-13,16-17H,14-15H2,(H2,29,30,31). The molecule has 0 bridgehead atoms. The van der Waals surface area contributed by atoms with Crippen molar-refractivity contribution in [2.45, 2.75) is 6.54 Å². The number of aromatic nitrogens is 3. The van der Waals surface area contributed by atoms with Crippen LogP contribution in [0.4, 0.5) is 5.82 Å². The van der Waals surface area contributed by atoms with Crippen molar-refractivity contribution in [1.29, 1.82) is 0 Å². The Morgan fingerprint density at radius 3 is 2.06 bits per heavy atom. The van der Waals surface area contributed by atoms with Crippen molar-refractivity contribution in [2.75, 3.05) is 12.3 Å². The first-order chi connectivity index (χ1) is 17.6. The molecule has 0 radical (unpaired) electrons. The molecule has 0 spiro atoms. The summed E-state index contributed by atoms with van der Waals surface area (Å²) in [6, 6.07) is 24.1. The van der Waals surface area contributed by atoms with Crippen molar-refractivity contribution in [3.05, 3.63) is 103 Å². The minimum Gasteiger partial charge on any atom is -0.457 e. The van der Waals surface area contributed by atoms with Crippen LogP contribution in [0, 0.1) is 0 Å². The molecule has 5 aromatic rings. The number of fused-ring (bicyclic) bond motifs is 2. The van der Waals surface area contributed by atoms with Crippen LogP contribution in [0.25, 0.3) is 22.2 Å². The zero-order valence-corrected chi connectivity index (χ0v) is 19.2. The van der Waals surface area contributed by atoms with Crippen molar-refractivity contribution in [3.8, 4) is 22.6 Å². The van der Waals surface area contributed by atoms with Crippen molar-refractivity contribution >= 4 is 28.7 Å². The molecule has 0 aliphatic carbocycles. The summed E-state index contributed by atoms with van der Waals surface area (Å²) in [5.74, 6) is 1.26. The number of rotatable bonds is 6. The normalized spacial score (nSPS) is 12.8. The van der Waals surface area contributed by atoms with Gasteiger partial charge in [-0.1, -0.05) is 42.5 Å². The van der Waals surface area contributed by atoms with E-state index in [0.29, 0.717) is 34.9 Å². The van der Waals surface area contributed by atoms with E-state index in [9.17, 15) is 9.59 Å². The molecular formula is C28H21N5O3. The quantitative estimate of drug-likeness (QED) is 0.355. The van der Waals surface area contributed by atoms with E-state index in [-0.39, 0.29) is 18.4 Å². The molecule has 36 heavy (non-hydrogen) atoms. The van der Waals surface area contributed by atoms with Crippen LogP contribution >= 0.6 is 0 Å². The number of nitrogens with zero attached hydrogens (tertiary/aromatic N) is 4. The van der Waals surface area contributed by atoms with E-state index in [1.54, 1.807) is 24.3 Å². The van der Waals surface area contributed by atoms with Gasteiger partial charge in [-0.25, -0.2) is 9.97 Å². The predicted octanol–water partition coefficient (Wildman–Crippen LogP) is 4.77. The SMILES string of the molecule is Nc1ncnc2c1c(-c1ccc(Oc3ccccc3)cc1)cn2CCN1C(=O)c2ccccc2C1=O. The molecule has 8 heteroatoms. The topological polar surface area (TPSA) is 103 Å². The lowest BCUT2D eigenvalue weighted by atomic mass is 10.1. The fourth-order valence-corrected chi connectivity index (χ4v) is 4.51. The average Bonchev–Trinajstić information content (AvgIpc) is 3.40. The summed E-state index contributed by atoms with van der Waals surface area (Å²) < 4.78 is 7.81. The summed E-state index contributed by atoms with van der Waals surface area (Å²) in [5, 5.41) is 0.719. The third-order valence-electron chi connectivity index (χ3n) is 6.27. The first-order valence-corrected chi connectivity index (χ1v) is 11.5. The molecule has 1 aliphatic rings. The van der Waals surface area contributed by atoms with Gasteiger partial charge < -0.3 is 15.0 Å². The second kappa shape index (κ2) is 8.66. The van der Waals surface area contributed by atoms with Gasteiger partial charge in [-0.2, -0.15) is 0 Å². The number of anilines is 1. The van der Waals surface area contributed by atoms with Gasteiger partial charge in [0.1, 0.15) is 29.3 Å². The van der Waals surface area contributed by atoms with E-state index >= 15 is 0 Å². The molecule has 0 saturated carbocycles. The fraction of sp³-hybridized carbons (Fsp3) is 0.0714. The number of para-hydroxylation sites is 1. The van der Waals surface area contributed by atoms with Gasteiger partial charge in [0.2, 0.25) is 0 Å². The average molecular weight is 476 g/mol. The molecule has 1 aliphatic heterocycles. The van der Waals surface area contributed by atoms with Gasteiger partial charge in [-0.3, -0.25) is 14.5 Å².